The average Bonchev–Trinajstić information content (AvgIpc) is 2.77. The molecule has 9 heteroatoms. The van der Waals surface area contributed by atoms with Gasteiger partial charge in [-0.3, -0.25) is 0 Å². The molecule has 0 radical (unpaired) electrons. The smallest absolute Gasteiger partial charge is 0.407 e. The van der Waals surface area contributed by atoms with Crippen molar-refractivity contribution < 1.29 is 24.2 Å². The van der Waals surface area contributed by atoms with Crippen LogP contribution in [0.1, 0.15) is 37.4 Å². The number of urea groups is 1. The molecule has 164 valence electrons. The topological polar surface area (TPSA) is 133 Å². The van der Waals surface area contributed by atoms with Crippen LogP contribution in [0.25, 0.3) is 0 Å². The van der Waals surface area contributed by atoms with E-state index in [0.29, 0.717) is 29.1 Å². The molecule has 0 heterocycles. The SMILES string of the molecule is CC[C@@H](CO)OC(=O)N[C@@H](C)c1cccc(NC(=O)Nc2ccc(C#N)c(OC)c2)c1. The maximum absolute atomic E-state index is 12.3. The summed E-state index contributed by atoms with van der Waals surface area (Å²) in [5, 5.41) is 26.3. The molecule has 2 atom stereocenters. The fourth-order valence-corrected chi connectivity index (χ4v) is 2.74. The van der Waals surface area contributed by atoms with Crippen molar-refractivity contribution in [1.82, 2.24) is 5.32 Å². The standard InChI is InChI=1S/C22H26N4O5/c1-4-19(13-27)31-22(29)24-14(2)15-6-5-7-17(10-15)25-21(28)26-18-9-8-16(12-23)20(11-18)30-3/h5-11,14,19,27H,4,13H2,1-3H3,(H,24,29)(H2,25,26,28)/t14-,19-/m0/s1. The fourth-order valence-electron chi connectivity index (χ4n) is 2.74. The highest BCUT2D eigenvalue weighted by Crippen LogP contribution is 2.23. The summed E-state index contributed by atoms with van der Waals surface area (Å²) in [6.45, 7) is 3.35. The minimum atomic E-state index is -0.626. The van der Waals surface area contributed by atoms with Crippen LogP contribution in [-0.2, 0) is 4.74 Å². The lowest BCUT2D eigenvalue weighted by Crippen LogP contribution is -2.32. The second-order valence-corrected chi connectivity index (χ2v) is 6.72. The molecule has 2 aromatic rings. The van der Waals surface area contributed by atoms with Gasteiger partial charge in [0.2, 0.25) is 0 Å². The summed E-state index contributed by atoms with van der Waals surface area (Å²) in [6, 6.07) is 12.9. The Hall–Kier alpha value is -3.77. The number of nitrogens with zero attached hydrogens (tertiary/aromatic N) is 1. The van der Waals surface area contributed by atoms with E-state index in [9.17, 15) is 9.59 Å². The maximum atomic E-state index is 12.3. The first-order valence-electron chi connectivity index (χ1n) is 9.74. The van der Waals surface area contributed by atoms with Gasteiger partial charge in [-0.25, -0.2) is 9.59 Å². The van der Waals surface area contributed by atoms with Crippen molar-refractivity contribution in [3.63, 3.8) is 0 Å². The molecule has 0 fully saturated rings. The molecular weight excluding hydrogens is 400 g/mol. The normalized spacial score (nSPS) is 12.1. The number of carbonyl (C=O) groups excluding carboxylic acids is 2. The molecule has 0 spiro atoms. The largest absolute Gasteiger partial charge is 0.495 e. The molecule has 0 saturated heterocycles. The number of aliphatic hydroxyl groups is 1. The molecule has 4 N–H and O–H groups in total. The Morgan fingerprint density at radius 2 is 1.87 bits per heavy atom. The predicted octanol–water partition coefficient (Wildman–Crippen LogP) is 3.77. The summed E-state index contributed by atoms with van der Waals surface area (Å²) in [4.78, 5) is 24.3. The number of benzene rings is 2. The van der Waals surface area contributed by atoms with E-state index in [1.807, 2.05) is 19.1 Å². The molecule has 2 aromatic carbocycles. The number of nitriles is 1. The van der Waals surface area contributed by atoms with Gasteiger partial charge in [-0.2, -0.15) is 5.26 Å². The highest BCUT2D eigenvalue weighted by molar-refractivity contribution is 6.00. The fraction of sp³-hybridized carbons (Fsp3) is 0.318. The molecule has 3 amide bonds. The molecule has 0 aromatic heterocycles. The zero-order valence-corrected chi connectivity index (χ0v) is 17.6. The van der Waals surface area contributed by atoms with E-state index in [1.54, 1.807) is 43.3 Å². The number of ether oxygens (including phenoxy) is 2. The van der Waals surface area contributed by atoms with Gasteiger partial charge in [-0.05, 0) is 43.2 Å². The molecule has 0 aliphatic heterocycles. The van der Waals surface area contributed by atoms with Gasteiger partial charge in [0.05, 0.1) is 25.3 Å². The molecule has 0 aliphatic carbocycles. The third-order valence-corrected chi connectivity index (χ3v) is 4.49. The molecule has 0 saturated carbocycles. The highest BCUT2D eigenvalue weighted by atomic mass is 16.6. The van der Waals surface area contributed by atoms with Crippen molar-refractivity contribution in [2.45, 2.75) is 32.4 Å². The Morgan fingerprint density at radius 1 is 1.16 bits per heavy atom. The summed E-state index contributed by atoms with van der Waals surface area (Å²) < 4.78 is 10.3. The van der Waals surface area contributed by atoms with Crippen LogP contribution >= 0.6 is 0 Å². The van der Waals surface area contributed by atoms with Gasteiger partial charge < -0.3 is 30.5 Å². The Balaban J connectivity index is 1.99. The second kappa shape index (κ2) is 11.4. The van der Waals surface area contributed by atoms with Crippen LogP contribution in [0.4, 0.5) is 21.0 Å². The first-order chi connectivity index (χ1) is 14.9. The van der Waals surface area contributed by atoms with Crippen molar-refractivity contribution >= 4 is 23.5 Å². The number of amides is 3. The first-order valence-corrected chi connectivity index (χ1v) is 9.74. The quantitative estimate of drug-likeness (QED) is 0.508. The average molecular weight is 426 g/mol. The number of alkyl carbamates (subject to hydrolysis) is 1. The Kier molecular flexibility index (Phi) is 8.66. The Bertz CT molecular complexity index is 953. The summed E-state index contributed by atoms with van der Waals surface area (Å²) in [5.41, 5.74) is 2.12. The van der Waals surface area contributed by atoms with E-state index in [1.165, 1.54) is 7.11 Å². The highest BCUT2D eigenvalue weighted by Gasteiger charge is 2.15. The van der Waals surface area contributed by atoms with Gasteiger partial charge in [-0.1, -0.05) is 19.1 Å². The number of hydrogen-bond donors (Lipinski definition) is 4. The number of aliphatic hydroxyl groups excluding tert-OH is 1. The number of hydrogen-bond acceptors (Lipinski definition) is 6. The molecule has 9 nitrogen and oxygen atoms in total. The van der Waals surface area contributed by atoms with Gasteiger partial charge in [0.25, 0.3) is 0 Å². The first kappa shape index (κ1) is 23.5. The lowest BCUT2D eigenvalue weighted by Gasteiger charge is -2.18. The van der Waals surface area contributed by atoms with E-state index in [2.05, 4.69) is 16.0 Å². The summed E-state index contributed by atoms with van der Waals surface area (Å²) >= 11 is 0. The molecule has 2 rings (SSSR count). The van der Waals surface area contributed by atoms with E-state index in [-0.39, 0.29) is 12.6 Å². The zero-order chi connectivity index (χ0) is 22.8. The van der Waals surface area contributed by atoms with Gasteiger partial charge >= 0.3 is 12.1 Å². The van der Waals surface area contributed by atoms with Crippen molar-refractivity contribution in [2.75, 3.05) is 24.4 Å². The number of carbonyl (C=O) groups is 2. The van der Waals surface area contributed by atoms with Gasteiger partial charge in [0.1, 0.15) is 17.9 Å². The van der Waals surface area contributed by atoms with Crippen LogP contribution < -0.4 is 20.7 Å². The molecule has 31 heavy (non-hydrogen) atoms. The van der Waals surface area contributed by atoms with Gasteiger partial charge in [0, 0.05) is 17.4 Å². The summed E-state index contributed by atoms with van der Waals surface area (Å²) in [6.07, 6.45) is -0.665. The number of anilines is 2. The lowest BCUT2D eigenvalue weighted by atomic mass is 10.1. The Labute approximate surface area is 181 Å². The van der Waals surface area contributed by atoms with Crippen LogP contribution in [0.5, 0.6) is 5.75 Å². The summed E-state index contributed by atoms with van der Waals surface area (Å²) in [5.74, 6) is 0.362. The van der Waals surface area contributed by atoms with E-state index < -0.39 is 18.2 Å². The summed E-state index contributed by atoms with van der Waals surface area (Å²) in [7, 11) is 1.45. The zero-order valence-electron chi connectivity index (χ0n) is 17.6. The third kappa shape index (κ3) is 6.90. The van der Waals surface area contributed by atoms with Crippen LogP contribution in [0.3, 0.4) is 0 Å². The minimum Gasteiger partial charge on any atom is -0.495 e. The third-order valence-electron chi connectivity index (χ3n) is 4.49. The van der Waals surface area contributed by atoms with Gasteiger partial charge in [0.15, 0.2) is 0 Å². The van der Waals surface area contributed by atoms with Crippen molar-refractivity contribution in [3.8, 4) is 11.8 Å². The van der Waals surface area contributed by atoms with E-state index in [0.717, 1.165) is 5.56 Å². The molecular formula is C22H26N4O5. The Morgan fingerprint density at radius 3 is 2.48 bits per heavy atom. The number of rotatable bonds is 8. The lowest BCUT2D eigenvalue weighted by molar-refractivity contribution is 0.0539. The number of methoxy groups -OCH3 is 1. The minimum absolute atomic E-state index is 0.238. The van der Waals surface area contributed by atoms with E-state index in [4.69, 9.17) is 19.8 Å². The van der Waals surface area contributed by atoms with Crippen molar-refractivity contribution in [3.05, 3.63) is 53.6 Å². The molecule has 0 bridgehead atoms. The van der Waals surface area contributed by atoms with Crippen molar-refractivity contribution in [2.24, 2.45) is 0 Å². The van der Waals surface area contributed by atoms with Crippen LogP contribution in [0, 0.1) is 11.3 Å². The second-order valence-electron chi connectivity index (χ2n) is 6.72. The van der Waals surface area contributed by atoms with E-state index >= 15 is 0 Å². The molecule has 0 aliphatic rings. The maximum Gasteiger partial charge on any atom is 0.407 e. The van der Waals surface area contributed by atoms with Crippen molar-refractivity contribution in [1.29, 1.82) is 5.26 Å². The van der Waals surface area contributed by atoms with Crippen LogP contribution in [0.2, 0.25) is 0 Å². The van der Waals surface area contributed by atoms with Crippen LogP contribution in [0.15, 0.2) is 42.5 Å². The van der Waals surface area contributed by atoms with Gasteiger partial charge in [-0.15, -0.1) is 0 Å². The predicted molar refractivity (Wildman–Crippen MR) is 116 cm³/mol. The number of nitrogens with one attached hydrogen (secondary N) is 3. The molecule has 0 unspecified atom stereocenters. The van der Waals surface area contributed by atoms with Crippen LogP contribution in [-0.4, -0.2) is 37.1 Å². The monoisotopic (exact) mass is 426 g/mol.